The van der Waals surface area contributed by atoms with E-state index in [1.165, 1.54) is 44.2 Å². The van der Waals surface area contributed by atoms with E-state index in [4.69, 9.17) is 0 Å². The molecule has 0 unspecified atom stereocenters. The normalized spacial score (nSPS) is 15.7. The summed E-state index contributed by atoms with van der Waals surface area (Å²) >= 11 is 0. The molecule has 0 radical (unpaired) electrons. The first kappa shape index (κ1) is 18.0. The Morgan fingerprint density at radius 3 is 2.39 bits per heavy atom. The van der Waals surface area contributed by atoms with E-state index in [0.717, 1.165) is 31.9 Å². The molecule has 0 aromatic heterocycles. The van der Waals surface area contributed by atoms with Crippen molar-refractivity contribution in [1.82, 2.24) is 4.90 Å². The first-order valence-electron chi connectivity index (χ1n) is 9.02. The minimum absolute atomic E-state index is 0.0997. The van der Waals surface area contributed by atoms with Crippen molar-refractivity contribution in [2.24, 2.45) is 0 Å². The highest BCUT2D eigenvalue weighted by atomic mass is 19.1. The van der Waals surface area contributed by atoms with Crippen LogP contribution in [-0.4, -0.2) is 37.6 Å². The van der Waals surface area contributed by atoms with Crippen molar-refractivity contribution in [2.45, 2.75) is 46.0 Å². The Morgan fingerprint density at radius 2 is 1.70 bits per heavy atom. The molecular formula is C20H31FN2. The fraction of sp³-hybridized carbons (Fsp3) is 0.600. The number of anilines is 1. The Kier molecular flexibility index (Phi) is 7.60. The summed E-state index contributed by atoms with van der Waals surface area (Å²) in [5.74, 6) is -0.0997. The highest BCUT2D eigenvalue weighted by Crippen LogP contribution is 2.20. The number of para-hydroxylation sites is 1. The molecular weight excluding hydrogens is 287 g/mol. The summed E-state index contributed by atoms with van der Waals surface area (Å²) < 4.78 is 13.8. The molecule has 128 valence electrons. The van der Waals surface area contributed by atoms with Gasteiger partial charge in [-0.15, -0.1) is 0 Å². The van der Waals surface area contributed by atoms with Crippen LogP contribution in [0.5, 0.6) is 0 Å². The summed E-state index contributed by atoms with van der Waals surface area (Å²) in [6.07, 6.45) is 8.81. The molecule has 0 saturated carbocycles. The number of nitrogens with zero attached hydrogens (tertiary/aromatic N) is 2. The first-order valence-corrected chi connectivity index (χ1v) is 9.02. The maximum absolute atomic E-state index is 13.8. The first-order chi connectivity index (χ1) is 11.2. The molecule has 1 aliphatic rings. The van der Waals surface area contributed by atoms with Gasteiger partial charge in [0.05, 0.1) is 5.69 Å². The van der Waals surface area contributed by atoms with Gasteiger partial charge in [-0.3, -0.25) is 4.90 Å². The van der Waals surface area contributed by atoms with Crippen LogP contribution in [0.4, 0.5) is 10.1 Å². The van der Waals surface area contributed by atoms with E-state index >= 15 is 0 Å². The van der Waals surface area contributed by atoms with Gasteiger partial charge in [-0.05, 0) is 51.8 Å². The second kappa shape index (κ2) is 9.71. The van der Waals surface area contributed by atoms with Gasteiger partial charge in [0.2, 0.25) is 0 Å². The quantitative estimate of drug-likeness (QED) is 0.498. The van der Waals surface area contributed by atoms with Crippen LogP contribution < -0.4 is 4.90 Å². The summed E-state index contributed by atoms with van der Waals surface area (Å²) in [6.45, 7) is 9.48. The highest BCUT2D eigenvalue weighted by Gasteiger charge is 2.18. The average Bonchev–Trinajstić information content (AvgIpc) is 2.55. The lowest BCUT2D eigenvalue weighted by Gasteiger charge is -2.36. The van der Waals surface area contributed by atoms with Crippen LogP contribution in [0.1, 0.15) is 46.0 Å². The van der Waals surface area contributed by atoms with Crippen LogP contribution in [0.3, 0.4) is 0 Å². The number of rotatable bonds is 8. The lowest BCUT2D eigenvalue weighted by molar-refractivity contribution is 0.251. The Balaban J connectivity index is 1.58. The van der Waals surface area contributed by atoms with Crippen molar-refractivity contribution in [1.29, 1.82) is 0 Å². The maximum atomic E-state index is 13.8. The predicted molar refractivity (Wildman–Crippen MR) is 97.6 cm³/mol. The number of halogens is 1. The van der Waals surface area contributed by atoms with Crippen molar-refractivity contribution >= 4 is 5.69 Å². The second-order valence-corrected chi connectivity index (χ2v) is 6.76. The molecule has 1 aliphatic heterocycles. The van der Waals surface area contributed by atoms with Crippen LogP contribution in [-0.2, 0) is 0 Å². The molecule has 1 fully saturated rings. The molecule has 1 aromatic carbocycles. The number of hydrogen-bond acceptors (Lipinski definition) is 2. The van der Waals surface area contributed by atoms with Crippen molar-refractivity contribution in [3.63, 3.8) is 0 Å². The zero-order valence-electron chi connectivity index (χ0n) is 14.7. The molecule has 0 atom stereocenters. The van der Waals surface area contributed by atoms with E-state index in [1.54, 1.807) is 12.1 Å². The van der Waals surface area contributed by atoms with Gasteiger partial charge in [0.15, 0.2) is 0 Å². The maximum Gasteiger partial charge on any atom is 0.146 e. The Hall–Kier alpha value is -1.35. The smallest absolute Gasteiger partial charge is 0.146 e. The lowest BCUT2D eigenvalue weighted by Crippen LogP contribution is -2.46. The zero-order chi connectivity index (χ0) is 16.5. The molecule has 0 bridgehead atoms. The van der Waals surface area contributed by atoms with Crippen LogP contribution in [0, 0.1) is 5.82 Å². The Bertz CT molecular complexity index is 486. The average molecular weight is 318 g/mol. The minimum Gasteiger partial charge on any atom is -0.367 e. The third-order valence-electron chi connectivity index (χ3n) is 4.55. The summed E-state index contributed by atoms with van der Waals surface area (Å²) in [5, 5.41) is 0. The summed E-state index contributed by atoms with van der Waals surface area (Å²) in [7, 11) is 0. The third kappa shape index (κ3) is 6.34. The van der Waals surface area contributed by atoms with E-state index in [9.17, 15) is 4.39 Å². The predicted octanol–water partition coefficient (Wildman–Crippen LogP) is 4.86. The third-order valence-corrected chi connectivity index (χ3v) is 4.55. The SMILES string of the molecule is CC(C)=CCCCCCCN1CCN(c2ccccc2F)CC1. The van der Waals surface area contributed by atoms with Crippen LogP contribution in [0.15, 0.2) is 35.9 Å². The number of allylic oxidation sites excluding steroid dienone is 2. The van der Waals surface area contributed by atoms with Gasteiger partial charge in [-0.1, -0.05) is 36.6 Å². The van der Waals surface area contributed by atoms with E-state index in [1.807, 2.05) is 12.1 Å². The summed E-state index contributed by atoms with van der Waals surface area (Å²) in [6, 6.07) is 7.11. The van der Waals surface area contributed by atoms with Crippen LogP contribution in [0.25, 0.3) is 0 Å². The van der Waals surface area contributed by atoms with E-state index in [2.05, 4.69) is 29.7 Å². The largest absolute Gasteiger partial charge is 0.367 e. The molecule has 23 heavy (non-hydrogen) atoms. The van der Waals surface area contributed by atoms with Crippen LogP contribution >= 0.6 is 0 Å². The molecule has 1 saturated heterocycles. The van der Waals surface area contributed by atoms with Crippen molar-refractivity contribution in [2.75, 3.05) is 37.6 Å². The molecule has 1 heterocycles. The molecule has 3 heteroatoms. The molecule has 0 N–H and O–H groups in total. The van der Waals surface area contributed by atoms with Gasteiger partial charge in [0, 0.05) is 26.2 Å². The van der Waals surface area contributed by atoms with Crippen molar-refractivity contribution in [3.8, 4) is 0 Å². The van der Waals surface area contributed by atoms with Crippen molar-refractivity contribution in [3.05, 3.63) is 41.7 Å². The van der Waals surface area contributed by atoms with E-state index < -0.39 is 0 Å². The van der Waals surface area contributed by atoms with E-state index in [-0.39, 0.29) is 5.82 Å². The van der Waals surface area contributed by atoms with Gasteiger partial charge < -0.3 is 4.90 Å². The van der Waals surface area contributed by atoms with Crippen LogP contribution in [0.2, 0.25) is 0 Å². The second-order valence-electron chi connectivity index (χ2n) is 6.76. The Labute approximate surface area is 141 Å². The van der Waals surface area contributed by atoms with Gasteiger partial charge >= 0.3 is 0 Å². The monoisotopic (exact) mass is 318 g/mol. The molecule has 1 aromatic rings. The molecule has 0 spiro atoms. The Morgan fingerprint density at radius 1 is 1.00 bits per heavy atom. The number of benzene rings is 1. The van der Waals surface area contributed by atoms with Crippen molar-refractivity contribution < 1.29 is 4.39 Å². The van der Waals surface area contributed by atoms with E-state index in [0.29, 0.717) is 0 Å². The standard InChI is InChI=1S/C20H31FN2/c1-18(2)10-6-4-3-5-9-13-22-14-16-23(17-15-22)20-12-8-7-11-19(20)21/h7-8,10-12H,3-6,9,13-17H2,1-2H3. The number of piperazine rings is 1. The van der Waals surface area contributed by atoms with Gasteiger partial charge in [-0.2, -0.15) is 0 Å². The molecule has 0 aliphatic carbocycles. The highest BCUT2D eigenvalue weighted by molar-refractivity contribution is 5.47. The molecule has 2 rings (SSSR count). The summed E-state index contributed by atoms with van der Waals surface area (Å²) in [4.78, 5) is 4.69. The fourth-order valence-electron chi connectivity index (χ4n) is 3.14. The molecule has 0 amide bonds. The topological polar surface area (TPSA) is 6.48 Å². The minimum atomic E-state index is -0.0997. The van der Waals surface area contributed by atoms with Gasteiger partial charge in [0.1, 0.15) is 5.82 Å². The lowest BCUT2D eigenvalue weighted by atomic mass is 10.1. The number of unbranched alkanes of at least 4 members (excludes halogenated alkanes) is 4. The zero-order valence-corrected chi connectivity index (χ0v) is 14.7. The van der Waals surface area contributed by atoms with Gasteiger partial charge in [-0.25, -0.2) is 4.39 Å². The molecule has 2 nitrogen and oxygen atoms in total. The fourth-order valence-corrected chi connectivity index (χ4v) is 3.14. The number of hydrogen-bond donors (Lipinski definition) is 0. The van der Waals surface area contributed by atoms with Gasteiger partial charge in [0.25, 0.3) is 0 Å². The summed E-state index contributed by atoms with van der Waals surface area (Å²) in [5.41, 5.74) is 2.18.